The minimum absolute atomic E-state index is 0.0701. The van der Waals surface area contributed by atoms with Crippen molar-refractivity contribution in [1.82, 2.24) is 5.32 Å². The van der Waals surface area contributed by atoms with Crippen LogP contribution in [0.5, 0.6) is 0 Å². The summed E-state index contributed by atoms with van der Waals surface area (Å²) in [5, 5.41) is 5.17. The molecule has 0 radical (unpaired) electrons. The Morgan fingerprint density at radius 2 is 1.64 bits per heavy atom. The molecule has 2 aromatic carbocycles. The number of halogens is 3. The van der Waals surface area contributed by atoms with Crippen LogP contribution in [0.1, 0.15) is 42.3 Å². The van der Waals surface area contributed by atoms with Gasteiger partial charge in [-0.15, -0.1) is 0 Å². The number of hydrogen-bond acceptors (Lipinski definition) is 3. The number of amides is 2. The van der Waals surface area contributed by atoms with Crippen molar-refractivity contribution in [2.45, 2.75) is 39.1 Å². The molecule has 2 N–H and O–H groups in total. The molecule has 0 fully saturated rings. The van der Waals surface area contributed by atoms with E-state index in [0.29, 0.717) is 16.8 Å². The Labute approximate surface area is 160 Å². The molecule has 2 amide bonds. The van der Waals surface area contributed by atoms with Gasteiger partial charge in [0.1, 0.15) is 5.60 Å². The third-order valence-corrected chi connectivity index (χ3v) is 3.50. The molecule has 0 aliphatic carbocycles. The highest BCUT2D eigenvalue weighted by atomic mass is 19.4. The van der Waals surface area contributed by atoms with Gasteiger partial charge in [0.25, 0.3) is 5.91 Å². The van der Waals surface area contributed by atoms with E-state index in [0.717, 1.165) is 12.1 Å². The summed E-state index contributed by atoms with van der Waals surface area (Å²) in [5.41, 5.74) is -0.189. The fourth-order valence-electron chi connectivity index (χ4n) is 2.26. The molecule has 0 unspecified atom stereocenters. The number of benzene rings is 2. The first-order valence-corrected chi connectivity index (χ1v) is 8.48. The number of ether oxygens (including phenoxy) is 1. The highest BCUT2D eigenvalue weighted by Gasteiger charge is 2.29. The van der Waals surface area contributed by atoms with Crippen molar-refractivity contribution < 1.29 is 27.5 Å². The Hall–Kier alpha value is -3.03. The zero-order valence-corrected chi connectivity index (χ0v) is 15.7. The molecular formula is C20H21F3N2O3. The first-order valence-electron chi connectivity index (χ1n) is 8.48. The lowest BCUT2D eigenvalue weighted by molar-refractivity contribution is -0.137. The van der Waals surface area contributed by atoms with Gasteiger partial charge in [-0.05, 0) is 56.7 Å². The lowest BCUT2D eigenvalue weighted by Gasteiger charge is -2.19. The molecule has 5 nitrogen and oxygen atoms in total. The van der Waals surface area contributed by atoms with E-state index in [-0.39, 0.29) is 6.54 Å². The van der Waals surface area contributed by atoms with Gasteiger partial charge in [-0.3, -0.25) is 10.1 Å². The first kappa shape index (κ1) is 21.3. The van der Waals surface area contributed by atoms with Crippen LogP contribution < -0.4 is 10.6 Å². The molecule has 0 aromatic heterocycles. The van der Waals surface area contributed by atoms with E-state index < -0.39 is 29.3 Å². The van der Waals surface area contributed by atoms with E-state index in [1.165, 1.54) is 18.2 Å². The molecule has 0 atom stereocenters. The maximum atomic E-state index is 12.6. The third kappa shape index (κ3) is 6.61. The van der Waals surface area contributed by atoms with E-state index in [2.05, 4.69) is 10.6 Å². The predicted octanol–water partition coefficient (Wildman–Crippen LogP) is 4.98. The van der Waals surface area contributed by atoms with Gasteiger partial charge in [-0.1, -0.05) is 18.2 Å². The Morgan fingerprint density at radius 3 is 2.21 bits per heavy atom. The molecule has 0 saturated heterocycles. The average Bonchev–Trinajstić information content (AvgIpc) is 2.57. The topological polar surface area (TPSA) is 67.4 Å². The van der Waals surface area contributed by atoms with Gasteiger partial charge in [0.05, 0.1) is 5.56 Å². The predicted molar refractivity (Wildman–Crippen MR) is 98.9 cm³/mol. The van der Waals surface area contributed by atoms with Crippen molar-refractivity contribution in [3.8, 4) is 0 Å². The summed E-state index contributed by atoms with van der Waals surface area (Å²) in [4.78, 5) is 24.1. The molecule has 0 saturated carbocycles. The summed E-state index contributed by atoms with van der Waals surface area (Å²) < 4.78 is 42.8. The summed E-state index contributed by atoms with van der Waals surface area (Å²) >= 11 is 0. The van der Waals surface area contributed by atoms with Crippen LogP contribution in [0.25, 0.3) is 0 Å². The van der Waals surface area contributed by atoms with Crippen LogP contribution in [0.4, 0.5) is 23.7 Å². The van der Waals surface area contributed by atoms with E-state index in [9.17, 15) is 22.8 Å². The number of hydrogen-bond donors (Lipinski definition) is 2. The van der Waals surface area contributed by atoms with Crippen molar-refractivity contribution in [1.29, 1.82) is 0 Å². The van der Waals surface area contributed by atoms with Crippen molar-refractivity contribution in [2.24, 2.45) is 0 Å². The Bertz CT molecular complexity index is 841. The zero-order chi connectivity index (χ0) is 20.9. The molecule has 150 valence electrons. The quantitative estimate of drug-likeness (QED) is 0.768. The van der Waals surface area contributed by atoms with Gasteiger partial charge in [0, 0.05) is 17.8 Å². The zero-order valence-electron chi connectivity index (χ0n) is 15.7. The second-order valence-electron chi connectivity index (χ2n) is 7.09. The lowest BCUT2D eigenvalue weighted by atomic mass is 10.1. The normalized spacial score (nSPS) is 11.6. The monoisotopic (exact) mass is 394 g/mol. The molecule has 0 heterocycles. The SMILES string of the molecule is CC(C)(C)OC(=O)Nc1cccc(C(=O)NCc2ccc(C(F)(F)F)cc2)c1. The maximum Gasteiger partial charge on any atom is 0.416 e. The summed E-state index contributed by atoms with van der Waals surface area (Å²) in [6, 6.07) is 10.8. The molecule has 0 aliphatic rings. The Morgan fingerprint density at radius 1 is 1.00 bits per heavy atom. The van der Waals surface area contributed by atoms with Crippen molar-refractivity contribution in [3.63, 3.8) is 0 Å². The number of rotatable bonds is 4. The highest BCUT2D eigenvalue weighted by Crippen LogP contribution is 2.29. The van der Waals surface area contributed by atoms with Crippen molar-refractivity contribution >= 4 is 17.7 Å². The molecule has 2 aromatic rings. The molecule has 0 bridgehead atoms. The largest absolute Gasteiger partial charge is 0.444 e. The highest BCUT2D eigenvalue weighted by molar-refractivity contribution is 5.96. The second-order valence-corrected chi connectivity index (χ2v) is 7.09. The second kappa shape index (κ2) is 8.33. The average molecular weight is 394 g/mol. The van der Waals surface area contributed by atoms with Gasteiger partial charge in [0.15, 0.2) is 0 Å². The van der Waals surface area contributed by atoms with E-state index in [4.69, 9.17) is 4.74 Å². The van der Waals surface area contributed by atoms with Gasteiger partial charge < -0.3 is 10.1 Å². The van der Waals surface area contributed by atoms with Gasteiger partial charge >= 0.3 is 12.3 Å². The fourth-order valence-corrected chi connectivity index (χ4v) is 2.26. The van der Waals surface area contributed by atoms with Crippen LogP contribution >= 0.6 is 0 Å². The summed E-state index contributed by atoms with van der Waals surface area (Å²) in [7, 11) is 0. The van der Waals surface area contributed by atoms with Crippen molar-refractivity contribution in [2.75, 3.05) is 5.32 Å². The van der Waals surface area contributed by atoms with Gasteiger partial charge in [-0.25, -0.2) is 4.79 Å². The maximum absolute atomic E-state index is 12.6. The van der Waals surface area contributed by atoms with Crippen LogP contribution in [0.15, 0.2) is 48.5 Å². The van der Waals surface area contributed by atoms with E-state index in [1.807, 2.05) is 0 Å². The number of anilines is 1. The number of carbonyl (C=O) groups excluding carboxylic acids is 2. The summed E-state index contributed by atoms with van der Waals surface area (Å²) in [5.74, 6) is -0.423. The number of nitrogens with one attached hydrogen (secondary N) is 2. The van der Waals surface area contributed by atoms with Crippen LogP contribution in [-0.4, -0.2) is 17.6 Å². The van der Waals surface area contributed by atoms with Gasteiger partial charge in [0.2, 0.25) is 0 Å². The van der Waals surface area contributed by atoms with Crippen LogP contribution in [0.3, 0.4) is 0 Å². The minimum atomic E-state index is -4.40. The molecule has 0 aliphatic heterocycles. The fraction of sp³-hybridized carbons (Fsp3) is 0.300. The number of carbonyl (C=O) groups is 2. The molecule has 2 rings (SSSR count). The standard InChI is InChI=1S/C20H21F3N2O3/c1-19(2,3)28-18(27)25-16-6-4-5-14(11-16)17(26)24-12-13-7-9-15(10-8-13)20(21,22)23/h4-11H,12H2,1-3H3,(H,24,26)(H,25,27). The van der Waals surface area contributed by atoms with Crippen molar-refractivity contribution in [3.05, 3.63) is 65.2 Å². The van der Waals surface area contributed by atoms with Gasteiger partial charge in [-0.2, -0.15) is 13.2 Å². The summed E-state index contributed by atoms with van der Waals surface area (Å²) in [6.45, 7) is 5.27. The molecule has 28 heavy (non-hydrogen) atoms. The van der Waals surface area contributed by atoms with E-state index >= 15 is 0 Å². The minimum Gasteiger partial charge on any atom is -0.444 e. The molecule has 0 spiro atoms. The Kier molecular flexibility index (Phi) is 6.33. The van der Waals surface area contributed by atoms with Crippen LogP contribution in [0, 0.1) is 0 Å². The first-order chi connectivity index (χ1) is 12.9. The van der Waals surface area contributed by atoms with Crippen LogP contribution in [-0.2, 0) is 17.5 Å². The third-order valence-electron chi connectivity index (χ3n) is 3.50. The van der Waals surface area contributed by atoms with E-state index in [1.54, 1.807) is 39.0 Å². The molecular weight excluding hydrogens is 373 g/mol. The lowest BCUT2D eigenvalue weighted by Crippen LogP contribution is -2.27. The summed E-state index contributed by atoms with van der Waals surface area (Å²) in [6.07, 6.45) is -5.04. The van der Waals surface area contributed by atoms with Crippen LogP contribution in [0.2, 0.25) is 0 Å². The number of alkyl halides is 3. The smallest absolute Gasteiger partial charge is 0.416 e. The molecule has 8 heteroatoms. The Balaban J connectivity index is 1.96.